The molecule has 0 aliphatic carbocycles. The van der Waals surface area contributed by atoms with Gasteiger partial charge in [0.1, 0.15) is 7.85 Å². The minimum absolute atomic E-state index is 0.0587. The van der Waals surface area contributed by atoms with E-state index in [1.54, 1.807) is 52.0 Å². The molecule has 0 saturated heterocycles. The molecule has 0 aliphatic rings. The third-order valence-corrected chi connectivity index (χ3v) is 4.12. The summed E-state index contributed by atoms with van der Waals surface area (Å²) in [5.41, 5.74) is -1.94. The fraction of sp³-hybridized carbons (Fsp3) is 0.350. The van der Waals surface area contributed by atoms with E-state index in [0.717, 1.165) is 12.1 Å². The molecule has 8 heteroatoms. The number of carbonyl (C=O) groups excluding carboxylic acids is 1. The van der Waals surface area contributed by atoms with Crippen LogP contribution in [-0.2, 0) is 6.18 Å². The molecule has 0 heterocycles. The van der Waals surface area contributed by atoms with Crippen molar-refractivity contribution < 1.29 is 28.2 Å². The lowest BCUT2D eigenvalue weighted by Gasteiger charge is -2.31. The number of rotatable bonds is 3. The van der Waals surface area contributed by atoms with Gasteiger partial charge in [0.25, 0.3) is 5.91 Å². The molecule has 3 N–H and O–H groups in total. The predicted octanol–water partition coefficient (Wildman–Crippen LogP) is 3.28. The highest BCUT2D eigenvalue weighted by Gasteiger charge is 2.32. The minimum Gasteiger partial charge on any atom is -0.387 e. The van der Waals surface area contributed by atoms with Gasteiger partial charge in [0.2, 0.25) is 0 Å². The predicted molar refractivity (Wildman–Crippen MR) is 104 cm³/mol. The van der Waals surface area contributed by atoms with E-state index in [9.17, 15) is 18.0 Å². The van der Waals surface area contributed by atoms with Crippen LogP contribution in [0.1, 0.15) is 43.6 Å². The molecule has 28 heavy (non-hydrogen) atoms. The van der Waals surface area contributed by atoms with E-state index < -0.39 is 28.8 Å². The Morgan fingerprint density at radius 3 is 1.86 bits per heavy atom. The molecule has 0 aromatic heterocycles. The number of nitrogens with one attached hydrogen (secondary N) is 1. The van der Waals surface area contributed by atoms with Crippen LogP contribution >= 0.6 is 0 Å². The molecule has 150 valence electrons. The smallest absolute Gasteiger partial charge is 0.387 e. The largest absolute Gasteiger partial charge is 0.416 e. The first kappa shape index (κ1) is 23.7. The average molecular weight is 393 g/mol. The second kappa shape index (κ2) is 8.79. The molecule has 2 rings (SSSR count). The summed E-state index contributed by atoms with van der Waals surface area (Å²) in [4.78, 5) is 11.9. The Labute approximate surface area is 163 Å². The molecular formula is C20H23BF3NO3. The van der Waals surface area contributed by atoms with Gasteiger partial charge in [-0.1, -0.05) is 23.7 Å². The molecule has 2 radical (unpaired) electrons. The quantitative estimate of drug-likeness (QED) is 0.702. The molecule has 2 aromatic rings. The van der Waals surface area contributed by atoms with Gasteiger partial charge >= 0.3 is 6.18 Å². The third-order valence-electron chi connectivity index (χ3n) is 4.12. The highest BCUT2D eigenvalue weighted by molar-refractivity contribution is 6.32. The van der Waals surface area contributed by atoms with Crippen molar-refractivity contribution in [3.05, 3.63) is 59.7 Å². The molecular weight excluding hydrogens is 370 g/mol. The summed E-state index contributed by atoms with van der Waals surface area (Å²) in [6, 6.07) is 10.6. The zero-order chi connectivity index (χ0) is 21.8. The van der Waals surface area contributed by atoms with Crippen molar-refractivity contribution in [2.24, 2.45) is 0 Å². The maximum Gasteiger partial charge on any atom is 0.416 e. The summed E-state index contributed by atoms with van der Waals surface area (Å²) in [5, 5.41) is 20.7. The molecule has 0 spiro atoms. The number of aliphatic hydroxyl groups is 2. The molecule has 0 unspecified atom stereocenters. The van der Waals surface area contributed by atoms with E-state index in [1.807, 2.05) is 0 Å². The van der Waals surface area contributed by atoms with E-state index in [0.29, 0.717) is 11.2 Å². The first-order valence-corrected chi connectivity index (χ1v) is 8.40. The molecule has 4 nitrogen and oxygen atoms in total. The Balaban J connectivity index is 0.000000416. The Morgan fingerprint density at radius 2 is 1.43 bits per heavy atom. The van der Waals surface area contributed by atoms with Crippen molar-refractivity contribution in [2.45, 2.75) is 45.1 Å². The number of amides is 1. The van der Waals surface area contributed by atoms with E-state index in [2.05, 4.69) is 5.32 Å². The van der Waals surface area contributed by atoms with E-state index in [1.165, 1.54) is 12.1 Å². The zero-order valence-corrected chi connectivity index (χ0v) is 16.1. The maximum absolute atomic E-state index is 12.6. The Bertz CT molecular complexity index is 780. The number of alkyl halides is 3. The monoisotopic (exact) mass is 393 g/mol. The summed E-state index contributed by atoms with van der Waals surface area (Å²) in [5.74, 6) is -0.610. The van der Waals surface area contributed by atoms with Crippen LogP contribution in [-0.4, -0.2) is 35.2 Å². The van der Waals surface area contributed by atoms with Gasteiger partial charge in [0, 0.05) is 11.3 Å². The SMILES string of the molecule is CC(C)(O)C(C)(C)O.[B]c1ccc(NC(=O)c2cccc(C(F)(F)F)c2)cc1. The van der Waals surface area contributed by atoms with Crippen molar-refractivity contribution in [1.82, 2.24) is 0 Å². The minimum atomic E-state index is -4.47. The van der Waals surface area contributed by atoms with E-state index in [-0.39, 0.29) is 5.56 Å². The summed E-state index contributed by atoms with van der Waals surface area (Å²) in [7, 11) is 5.50. The summed E-state index contributed by atoms with van der Waals surface area (Å²) in [6.45, 7) is 6.31. The van der Waals surface area contributed by atoms with Crippen LogP contribution in [0, 0.1) is 0 Å². The number of benzene rings is 2. The van der Waals surface area contributed by atoms with Crippen LogP contribution in [0.4, 0.5) is 18.9 Å². The Morgan fingerprint density at radius 1 is 0.929 bits per heavy atom. The van der Waals surface area contributed by atoms with Gasteiger partial charge in [-0.15, -0.1) is 0 Å². The standard InChI is InChI=1S/C14H9BF3NO.C6H14O2/c15-11-4-6-12(7-5-11)19-13(20)9-2-1-3-10(8-9)14(16,17)18;1-5(2,7)6(3,4)8/h1-8H,(H,19,20);7-8H,1-4H3. The van der Waals surface area contributed by atoms with Crippen LogP contribution in [0.15, 0.2) is 48.5 Å². The van der Waals surface area contributed by atoms with E-state index in [4.69, 9.17) is 18.1 Å². The van der Waals surface area contributed by atoms with Crippen LogP contribution in [0.5, 0.6) is 0 Å². The van der Waals surface area contributed by atoms with Crippen LogP contribution < -0.4 is 10.8 Å². The normalized spacial score (nSPS) is 12.0. The zero-order valence-electron chi connectivity index (χ0n) is 16.1. The highest BCUT2D eigenvalue weighted by Crippen LogP contribution is 2.29. The topological polar surface area (TPSA) is 69.6 Å². The van der Waals surface area contributed by atoms with Gasteiger partial charge in [0.05, 0.1) is 16.8 Å². The average Bonchev–Trinajstić information content (AvgIpc) is 2.55. The van der Waals surface area contributed by atoms with Crippen molar-refractivity contribution in [3.63, 3.8) is 0 Å². The van der Waals surface area contributed by atoms with Gasteiger partial charge in [-0.05, 0) is 58.0 Å². The summed E-state index contributed by atoms with van der Waals surface area (Å²) in [6.07, 6.45) is -4.47. The highest BCUT2D eigenvalue weighted by atomic mass is 19.4. The summed E-state index contributed by atoms with van der Waals surface area (Å²) < 4.78 is 37.7. The molecule has 0 saturated carbocycles. The first-order chi connectivity index (χ1) is 12.6. The van der Waals surface area contributed by atoms with Crippen LogP contribution in [0.3, 0.4) is 0 Å². The molecule has 0 fully saturated rings. The van der Waals surface area contributed by atoms with Crippen molar-refractivity contribution in [1.29, 1.82) is 0 Å². The molecule has 0 aliphatic heterocycles. The first-order valence-electron chi connectivity index (χ1n) is 8.40. The fourth-order valence-electron chi connectivity index (χ4n) is 1.61. The van der Waals surface area contributed by atoms with Crippen LogP contribution in [0.25, 0.3) is 0 Å². The van der Waals surface area contributed by atoms with Crippen molar-refractivity contribution in [2.75, 3.05) is 5.32 Å². The number of anilines is 1. The van der Waals surface area contributed by atoms with Gasteiger partial charge < -0.3 is 15.5 Å². The molecule has 0 atom stereocenters. The fourth-order valence-corrected chi connectivity index (χ4v) is 1.61. The number of hydrogen-bond acceptors (Lipinski definition) is 3. The lowest BCUT2D eigenvalue weighted by atomic mass is 9.90. The molecule has 1 amide bonds. The Hall–Kier alpha value is -2.32. The number of carbonyl (C=O) groups is 1. The van der Waals surface area contributed by atoms with Gasteiger partial charge in [0.15, 0.2) is 0 Å². The van der Waals surface area contributed by atoms with Crippen molar-refractivity contribution in [3.8, 4) is 0 Å². The lowest BCUT2D eigenvalue weighted by molar-refractivity contribution is -0.137. The van der Waals surface area contributed by atoms with Gasteiger partial charge in [-0.2, -0.15) is 13.2 Å². The summed E-state index contributed by atoms with van der Waals surface area (Å²) >= 11 is 0. The van der Waals surface area contributed by atoms with Gasteiger partial charge in [-0.3, -0.25) is 4.79 Å². The number of hydrogen-bond donors (Lipinski definition) is 3. The molecule has 2 aromatic carbocycles. The van der Waals surface area contributed by atoms with E-state index >= 15 is 0 Å². The molecule has 0 bridgehead atoms. The second-order valence-corrected chi connectivity index (χ2v) is 7.27. The maximum atomic E-state index is 12.6. The second-order valence-electron chi connectivity index (χ2n) is 7.27. The third kappa shape index (κ3) is 7.36. The number of halogens is 3. The van der Waals surface area contributed by atoms with Crippen molar-refractivity contribution >= 4 is 24.9 Å². The lowest BCUT2D eigenvalue weighted by Crippen LogP contribution is -2.44. The van der Waals surface area contributed by atoms with Gasteiger partial charge in [-0.25, -0.2) is 0 Å². The van der Waals surface area contributed by atoms with Crippen LogP contribution in [0.2, 0.25) is 0 Å². The Kier molecular flexibility index (Phi) is 7.45.